The number of rotatable bonds is 10. The van der Waals surface area contributed by atoms with Gasteiger partial charge < -0.3 is 30.7 Å². The van der Waals surface area contributed by atoms with Gasteiger partial charge in [0.05, 0.1) is 27.1 Å². The summed E-state index contributed by atoms with van der Waals surface area (Å²) in [6.07, 6.45) is 4.59. The minimum Gasteiger partial charge on any atom is -0.444 e. The van der Waals surface area contributed by atoms with Crippen molar-refractivity contribution in [2.24, 2.45) is 17.6 Å². The number of nitrogens with one attached hydrogen (secondary N) is 4. The van der Waals surface area contributed by atoms with E-state index >= 15 is 0 Å². The van der Waals surface area contributed by atoms with Gasteiger partial charge in [0.1, 0.15) is 17.5 Å². The van der Waals surface area contributed by atoms with Crippen LogP contribution in [0.5, 0.6) is 0 Å². The SMILES string of the molecule is Cc1cc2[nH]c(C3CC3)nc2cc1-c1ccc(C[C@@H](C(N)=O)N(c2cc(Cl)c3[nH]c(=O)[nH]c3c2)C(=O)[C@H]2CC[C@H](CNC(=O)OC(C)(C)C)CC2)cc1. The molecular formula is C40H46ClN7O5. The molecule has 0 radical (unpaired) electrons. The number of aromatic amines is 3. The number of carbonyl (C=O) groups is 3. The molecule has 2 aliphatic rings. The topological polar surface area (TPSA) is 179 Å². The first kappa shape index (κ1) is 36.3. The molecule has 278 valence electrons. The molecular weight excluding hydrogens is 694 g/mol. The van der Waals surface area contributed by atoms with Gasteiger partial charge in [-0.25, -0.2) is 14.6 Å². The van der Waals surface area contributed by atoms with Crippen molar-refractivity contribution in [3.05, 3.63) is 81.0 Å². The number of nitrogens with two attached hydrogens (primary N) is 1. The standard InChI is InChI=1S/C40H46ClN7O5/c1-21-15-30-31(45-36(44-30)25-13-14-25)19-28(21)24-9-5-22(6-10-24)16-33(35(42)49)48(27-17-29(41)34-32(18-27)46-38(51)47-34)37(50)26-11-7-23(8-12-26)20-43-39(52)53-40(2,3)4/h5-6,9-10,15,17-19,23,25-26,33H,7-8,11-14,16,20H2,1-4H3,(H2,42,49)(H,43,52)(H,44,45)(H2,46,47,51)/t23-,26-,33-/m0/s1. The Bertz CT molecular complexity index is 2240. The van der Waals surface area contributed by atoms with Gasteiger partial charge in [-0.1, -0.05) is 35.9 Å². The summed E-state index contributed by atoms with van der Waals surface area (Å²) in [5, 5.41) is 3.08. The van der Waals surface area contributed by atoms with Crippen LogP contribution in [0.3, 0.4) is 0 Å². The lowest BCUT2D eigenvalue weighted by molar-refractivity contribution is -0.127. The van der Waals surface area contributed by atoms with Crippen LogP contribution in [-0.4, -0.2) is 56.0 Å². The lowest BCUT2D eigenvalue weighted by atomic mass is 9.81. The fourth-order valence-corrected chi connectivity index (χ4v) is 7.71. The van der Waals surface area contributed by atoms with Crippen LogP contribution in [0.2, 0.25) is 5.02 Å². The van der Waals surface area contributed by atoms with E-state index in [1.54, 1.807) is 12.1 Å². The number of primary amides is 1. The van der Waals surface area contributed by atoms with Crippen molar-refractivity contribution in [1.29, 1.82) is 0 Å². The zero-order chi connectivity index (χ0) is 37.6. The van der Waals surface area contributed by atoms with Crippen LogP contribution < -0.4 is 21.6 Å². The third-order valence-corrected chi connectivity index (χ3v) is 10.6. The first-order valence-corrected chi connectivity index (χ1v) is 18.7. The summed E-state index contributed by atoms with van der Waals surface area (Å²) >= 11 is 6.62. The molecule has 2 saturated carbocycles. The number of halogens is 1. The molecule has 7 rings (SSSR count). The monoisotopic (exact) mass is 739 g/mol. The van der Waals surface area contributed by atoms with Crippen molar-refractivity contribution in [3.8, 4) is 11.1 Å². The minimum atomic E-state index is -1.04. The number of alkyl carbamates (subject to hydrolysis) is 1. The fourth-order valence-electron chi connectivity index (χ4n) is 7.45. The molecule has 0 bridgehead atoms. The van der Waals surface area contributed by atoms with Gasteiger partial charge in [0.25, 0.3) is 0 Å². The van der Waals surface area contributed by atoms with E-state index < -0.39 is 35.3 Å². The second-order valence-corrected chi connectivity index (χ2v) is 16.0. The summed E-state index contributed by atoms with van der Waals surface area (Å²) < 4.78 is 5.37. The van der Waals surface area contributed by atoms with Gasteiger partial charge in [-0.15, -0.1) is 0 Å². The van der Waals surface area contributed by atoms with Crippen LogP contribution in [-0.2, 0) is 20.7 Å². The van der Waals surface area contributed by atoms with E-state index in [9.17, 15) is 19.2 Å². The number of fused-ring (bicyclic) bond motifs is 2. The Kier molecular flexibility index (Phi) is 9.84. The summed E-state index contributed by atoms with van der Waals surface area (Å²) in [5.41, 5.74) is 12.3. The number of hydrogen-bond donors (Lipinski definition) is 5. The summed E-state index contributed by atoms with van der Waals surface area (Å²) in [6, 6.07) is 14.4. The van der Waals surface area contributed by atoms with Crippen LogP contribution in [0.4, 0.5) is 10.5 Å². The molecule has 0 aliphatic heterocycles. The largest absolute Gasteiger partial charge is 0.444 e. The average Bonchev–Trinajstić information content (AvgIpc) is 3.76. The Morgan fingerprint density at radius 3 is 2.36 bits per heavy atom. The van der Waals surface area contributed by atoms with Gasteiger partial charge in [-0.2, -0.15) is 0 Å². The summed E-state index contributed by atoms with van der Waals surface area (Å²) in [7, 11) is 0. The second-order valence-electron chi connectivity index (χ2n) is 15.6. The number of aryl methyl sites for hydroxylation is 1. The molecule has 5 aromatic rings. The maximum Gasteiger partial charge on any atom is 0.407 e. The Labute approximate surface area is 312 Å². The lowest BCUT2D eigenvalue weighted by Crippen LogP contribution is -2.52. The normalized spacial score (nSPS) is 18.2. The van der Waals surface area contributed by atoms with Crippen molar-refractivity contribution in [3.63, 3.8) is 0 Å². The van der Waals surface area contributed by atoms with E-state index in [-0.39, 0.29) is 23.3 Å². The van der Waals surface area contributed by atoms with Crippen LogP contribution in [0.1, 0.15) is 82.2 Å². The number of anilines is 1. The summed E-state index contributed by atoms with van der Waals surface area (Å²) in [6.45, 7) is 7.97. The van der Waals surface area contributed by atoms with Crippen molar-refractivity contribution in [1.82, 2.24) is 25.3 Å². The molecule has 0 saturated heterocycles. The first-order valence-electron chi connectivity index (χ1n) is 18.3. The Morgan fingerprint density at radius 2 is 1.70 bits per heavy atom. The van der Waals surface area contributed by atoms with Crippen molar-refractivity contribution < 1.29 is 19.1 Å². The highest BCUT2D eigenvalue weighted by Crippen LogP contribution is 2.40. The summed E-state index contributed by atoms with van der Waals surface area (Å²) in [4.78, 5) is 67.5. The Balaban J connectivity index is 1.13. The van der Waals surface area contributed by atoms with Gasteiger partial charge in [0, 0.05) is 30.5 Å². The van der Waals surface area contributed by atoms with E-state index in [2.05, 4.69) is 39.3 Å². The fraction of sp³-hybridized carbons (Fsp3) is 0.425. The lowest BCUT2D eigenvalue weighted by Gasteiger charge is -2.36. The Morgan fingerprint density at radius 1 is 0.981 bits per heavy atom. The molecule has 2 aromatic heterocycles. The highest BCUT2D eigenvalue weighted by atomic mass is 35.5. The highest BCUT2D eigenvalue weighted by molar-refractivity contribution is 6.35. The molecule has 2 heterocycles. The summed E-state index contributed by atoms with van der Waals surface area (Å²) in [5.74, 6) is 0.459. The first-order chi connectivity index (χ1) is 25.2. The van der Waals surface area contributed by atoms with Gasteiger partial charge in [-0.05, 0) is 119 Å². The smallest absolute Gasteiger partial charge is 0.407 e. The minimum absolute atomic E-state index is 0.165. The predicted octanol–water partition coefficient (Wildman–Crippen LogP) is 7.00. The van der Waals surface area contributed by atoms with Crippen LogP contribution in [0.25, 0.3) is 33.2 Å². The molecule has 0 spiro atoms. The van der Waals surface area contributed by atoms with Crippen LogP contribution in [0.15, 0.2) is 53.3 Å². The molecule has 0 unspecified atom stereocenters. The third kappa shape index (κ3) is 8.12. The number of H-pyrrole nitrogens is 3. The van der Waals surface area contributed by atoms with Crippen LogP contribution >= 0.6 is 11.6 Å². The number of amides is 3. The number of imidazole rings is 2. The molecule has 12 nitrogen and oxygen atoms in total. The van der Waals surface area contributed by atoms with Gasteiger partial charge in [0.2, 0.25) is 11.8 Å². The Hall–Kier alpha value is -5.10. The molecule has 2 fully saturated rings. The molecule has 53 heavy (non-hydrogen) atoms. The molecule has 3 amide bonds. The van der Waals surface area contributed by atoms with Gasteiger partial charge in [0.15, 0.2) is 0 Å². The molecule has 3 aromatic carbocycles. The zero-order valence-corrected chi connectivity index (χ0v) is 31.2. The van der Waals surface area contributed by atoms with Crippen LogP contribution in [0, 0.1) is 18.8 Å². The average molecular weight is 740 g/mol. The van der Waals surface area contributed by atoms with E-state index in [0.717, 1.165) is 39.1 Å². The molecule has 6 N–H and O–H groups in total. The maximum absolute atomic E-state index is 14.5. The third-order valence-electron chi connectivity index (χ3n) is 10.4. The van der Waals surface area contributed by atoms with Crippen molar-refractivity contribution in [2.45, 2.75) is 90.2 Å². The predicted molar refractivity (Wildman–Crippen MR) is 206 cm³/mol. The van der Waals surface area contributed by atoms with E-state index in [1.807, 2.05) is 45.0 Å². The molecule has 2 aliphatic carbocycles. The number of aromatic nitrogens is 4. The van der Waals surface area contributed by atoms with E-state index in [4.69, 9.17) is 27.1 Å². The van der Waals surface area contributed by atoms with Gasteiger partial charge in [-0.3, -0.25) is 14.5 Å². The maximum atomic E-state index is 14.5. The molecule has 1 atom stereocenters. The number of benzene rings is 3. The van der Waals surface area contributed by atoms with Crippen molar-refractivity contribution >= 4 is 57.3 Å². The number of carbonyl (C=O) groups excluding carboxylic acids is 3. The number of nitrogens with zero attached hydrogens (tertiary/aromatic N) is 2. The van der Waals surface area contributed by atoms with E-state index in [0.29, 0.717) is 54.9 Å². The van der Waals surface area contributed by atoms with Crippen molar-refractivity contribution in [2.75, 3.05) is 11.4 Å². The second kappa shape index (κ2) is 14.4. The zero-order valence-electron chi connectivity index (χ0n) is 30.5. The molecule has 13 heteroatoms. The van der Waals surface area contributed by atoms with Gasteiger partial charge >= 0.3 is 11.8 Å². The highest BCUT2D eigenvalue weighted by Gasteiger charge is 2.37. The van der Waals surface area contributed by atoms with E-state index in [1.165, 1.54) is 17.7 Å². The number of hydrogen-bond acceptors (Lipinski definition) is 6. The number of ether oxygens (including phenoxy) is 1. The quantitative estimate of drug-likeness (QED) is 0.103.